The Hall–Kier alpha value is -1.84. The Morgan fingerprint density at radius 3 is 2.79 bits per heavy atom. The fraction of sp³-hybridized carbons (Fsp3) is 0.350. The molecule has 0 aromatic heterocycles. The molecule has 2 aromatic carbocycles. The molecule has 2 atom stereocenters. The lowest BCUT2D eigenvalue weighted by molar-refractivity contribution is -0.130. The third kappa shape index (κ3) is 2.19. The SMILES string of the molecule is NC[C@@H]1CC[C@@]1(C(=O)N1CCc2ccccc21)c1cccc(Cl)c1. The molecule has 4 heteroatoms. The number of benzene rings is 2. The van der Waals surface area contributed by atoms with Crippen molar-refractivity contribution in [1.29, 1.82) is 0 Å². The van der Waals surface area contributed by atoms with Gasteiger partial charge in [-0.2, -0.15) is 0 Å². The van der Waals surface area contributed by atoms with E-state index in [4.69, 9.17) is 17.3 Å². The van der Waals surface area contributed by atoms with E-state index in [1.54, 1.807) is 0 Å². The van der Waals surface area contributed by atoms with Crippen molar-refractivity contribution in [1.82, 2.24) is 0 Å². The van der Waals surface area contributed by atoms with Crippen molar-refractivity contribution >= 4 is 23.2 Å². The number of hydrogen-bond donors (Lipinski definition) is 1. The maximum atomic E-state index is 13.6. The summed E-state index contributed by atoms with van der Waals surface area (Å²) in [5.74, 6) is 0.354. The maximum Gasteiger partial charge on any atom is 0.237 e. The molecule has 3 nitrogen and oxygen atoms in total. The van der Waals surface area contributed by atoms with Gasteiger partial charge in [-0.25, -0.2) is 0 Å². The van der Waals surface area contributed by atoms with E-state index < -0.39 is 5.41 Å². The lowest BCUT2D eigenvalue weighted by Gasteiger charge is -2.50. The minimum atomic E-state index is -0.531. The van der Waals surface area contributed by atoms with Crippen molar-refractivity contribution < 1.29 is 4.79 Å². The highest BCUT2D eigenvalue weighted by molar-refractivity contribution is 6.30. The number of fused-ring (bicyclic) bond motifs is 1. The number of nitrogens with zero attached hydrogens (tertiary/aromatic N) is 1. The van der Waals surface area contributed by atoms with Crippen LogP contribution in [0.25, 0.3) is 0 Å². The van der Waals surface area contributed by atoms with E-state index in [0.29, 0.717) is 11.6 Å². The third-order valence-electron chi connectivity index (χ3n) is 5.72. The Bertz CT molecular complexity index is 789. The molecule has 1 aliphatic heterocycles. The second-order valence-electron chi connectivity index (χ2n) is 6.79. The fourth-order valence-electron chi connectivity index (χ4n) is 4.30. The van der Waals surface area contributed by atoms with Crippen molar-refractivity contribution in [2.45, 2.75) is 24.7 Å². The molecule has 0 spiro atoms. The number of para-hydroxylation sites is 1. The molecule has 2 aromatic rings. The highest BCUT2D eigenvalue weighted by atomic mass is 35.5. The molecule has 1 amide bonds. The lowest BCUT2D eigenvalue weighted by Crippen LogP contribution is -2.58. The van der Waals surface area contributed by atoms with Gasteiger partial charge in [0.25, 0.3) is 0 Å². The summed E-state index contributed by atoms with van der Waals surface area (Å²) < 4.78 is 0. The summed E-state index contributed by atoms with van der Waals surface area (Å²) in [5, 5.41) is 0.671. The van der Waals surface area contributed by atoms with Crippen LogP contribution in [-0.4, -0.2) is 19.0 Å². The zero-order chi connectivity index (χ0) is 16.7. The van der Waals surface area contributed by atoms with Crippen LogP contribution in [-0.2, 0) is 16.6 Å². The first-order valence-corrected chi connectivity index (χ1v) is 8.90. The van der Waals surface area contributed by atoms with E-state index in [2.05, 4.69) is 6.07 Å². The molecule has 4 rings (SSSR count). The lowest BCUT2D eigenvalue weighted by atomic mass is 9.56. The molecule has 2 N–H and O–H groups in total. The van der Waals surface area contributed by atoms with Gasteiger partial charge in [0.1, 0.15) is 0 Å². The maximum absolute atomic E-state index is 13.6. The summed E-state index contributed by atoms with van der Waals surface area (Å²) in [7, 11) is 0. The Labute approximate surface area is 147 Å². The van der Waals surface area contributed by atoms with Gasteiger partial charge in [0.15, 0.2) is 0 Å². The number of rotatable bonds is 3. The van der Waals surface area contributed by atoms with Crippen molar-refractivity contribution in [3.63, 3.8) is 0 Å². The Morgan fingerprint density at radius 1 is 1.25 bits per heavy atom. The van der Waals surface area contributed by atoms with E-state index >= 15 is 0 Å². The van der Waals surface area contributed by atoms with Crippen LogP contribution in [0.1, 0.15) is 24.0 Å². The molecule has 124 valence electrons. The molecule has 0 unspecified atom stereocenters. The van der Waals surface area contributed by atoms with Gasteiger partial charge in [-0.1, -0.05) is 41.9 Å². The topological polar surface area (TPSA) is 46.3 Å². The van der Waals surface area contributed by atoms with Crippen LogP contribution in [0, 0.1) is 5.92 Å². The average molecular weight is 341 g/mol. The molecule has 0 saturated heterocycles. The largest absolute Gasteiger partial charge is 0.330 e. The molecule has 1 saturated carbocycles. The van der Waals surface area contributed by atoms with E-state index in [9.17, 15) is 4.79 Å². The first-order chi connectivity index (χ1) is 11.7. The van der Waals surface area contributed by atoms with Gasteiger partial charge >= 0.3 is 0 Å². The molecule has 0 radical (unpaired) electrons. The van der Waals surface area contributed by atoms with Crippen molar-refractivity contribution in [3.05, 3.63) is 64.7 Å². The summed E-state index contributed by atoms with van der Waals surface area (Å²) in [6.07, 6.45) is 2.75. The summed E-state index contributed by atoms with van der Waals surface area (Å²) in [5.41, 5.74) is 8.78. The normalized spacial score (nSPS) is 25.2. The number of hydrogen-bond acceptors (Lipinski definition) is 2. The van der Waals surface area contributed by atoms with Crippen LogP contribution in [0.15, 0.2) is 48.5 Å². The average Bonchev–Trinajstić information content (AvgIpc) is 2.99. The van der Waals surface area contributed by atoms with Crippen LogP contribution in [0.2, 0.25) is 5.02 Å². The minimum Gasteiger partial charge on any atom is -0.330 e. The van der Waals surface area contributed by atoms with Crippen LogP contribution >= 0.6 is 11.6 Å². The summed E-state index contributed by atoms with van der Waals surface area (Å²) >= 11 is 6.21. The van der Waals surface area contributed by atoms with E-state index in [0.717, 1.165) is 37.1 Å². The fourth-order valence-corrected chi connectivity index (χ4v) is 4.49. The number of halogens is 1. The molecule has 0 bridgehead atoms. The van der Waals surface area contributed by atoms with Gasteiger partial charge in [0.05, 0.1) is 5.41 Å². The Kier molecular flexibility index (Phi) is 3.86. The molecular weight excluding hydrogens is 320 g/mol. The second kappa shape index (κ2) is 5.91. The van der Waals surface area contributed by atoms with E-state index in [-0.39, 0.29) is 11.8 Å². The predicted molar refractivity (Wildman–Crippen MR) is 97.4 cm³/mol. The van der Waals surface area contributed by atoms with E-state index in [1.165, 1.54) is 5.56 Å². The van der Waals surface area contributed by atoms with Gasteiger partial charge in [-0.15, -0.1) is 0 Å². The van der Waals surface area contributed by atoms with Gasteiger partial charge < -0.3 is 10.6 Å². The molecular formula is C20H21ClN2O. The number of carbonyl (C=O) groups excluding carboxylic acids is 1. The van der Waals surface area contributed by atoms with Crippen LogP contribution in [0.4, 0.5) is 5.69 Å². The van der Waals surface area contributed by atoms with Gasteiger partial charge in [-0.3, -0.25) is 4.79 Å². The van der Waals surface area contributed by atoms with Gasteiger partial charge in [0.2, 0.25) is 5.91 Å². The zero-order valence-corrected chi connectivity index (χ0v) is 14.3. The smallest absolute Gasteiger partial charge is 0.237 e. The molecule has 1 heterocycles. The minimum absolute atomic E-state index is 0.177. The van der Waals surface area contributed by atoms with Crippen molar-refractivity contribution in [2.24, 2.45) is 11.7 Å². The Balaban J connectivity index is 1.77. The first kappa shape index (κ1) is 15.7. The zero-order valence-electron chi connectivity index (χ0n) is 13.5. The predicted octanol–water partition coefficient (Wildman–Crippen LogP) is 3.54. The summed E-state index contributed by atoms with van der Waals surface area (Å²) in [6, 6.07) is 15.9. The molecule has 1 fully saturated rings. The standard InChI is InChI=1S/C20H21ClN2O/c21-17-6-3-5-15(12-17)20(10-8-16(20)13-22)19(24)23-11-9-14-4-1-2-7-18(14)23/h1-7,12,16H,8-11,13,22H2/t16-,20+/m0/s1. The third-order valence-corrected chi connectivity index (χ3v) is 5.96. The summed E-state index contributed by atoms with van der Waals surface area (Å²) in [6.45, 7) is 1.27. The molecule has 1 aliphatic carbocycles. The second-order valence-corrected chi connectivity index (χ2v) is 7.22. The quantitative estimate of drug-likeness (QED) is 0.929. The molecule has 2 aliphatic rings. The Morgan fingerprint density at radius 2 is 2.08 bits per heavy atom. The number of anilines is 1. The van der Waals surface area contributed by atoms with Crippen molar-refractivity contribution in [3.8, 4) is 0 Å². The first-order valence-electron chi connectivity index (χ1n) is 8.53. The monoisotopic (exact) mass is 340 g/mol. The van der Waals surface area contributed by atoms with Gasteiger partial charge in [-0.05, 0) is 61.1 Å². The number of nitrogens with two attached hydrogens (primary N) is 1. The highest BCUT2D eigenvalue weighted by Crippen LogP contribution is 2.51. The van der Waals surface area contributed by atoms with Crippen molar-refractivity contribution in [2.75, 3.05) is 18.0 Å². The van der Waals surface area contributed by atoms with Crippen LogP contribution in [0.5, 0.6) is 0 Å². The van der Waals surface area contributed by atoms with Gasteiger partial charge in [0, 0.05) is 17.3 Å². The van der Waals surface area contributed by atoms with E-state index in [1.807, 2.05) is 47.4 Å². The van der Waals surface area contributed by atoms with Crippen LogP contribution in [0.3, 0.4) is 0 Å². The molecule has 24 heavy (non-hydrogen) atoms. The van der Waals surface area contributed by atoms with Crippen LogP contribution < -0.4 is 10.6 Å². The highest BCUT2D eigenvalue weighted by Gasteiger charge is 2.55. The number of carbonyl (C=O) groups is 1. The summed E-state index contributed by atoms with van der Waals surface area (Å²) in [4.78, 5) is 15.6. The number of amides is 1.